The third-order valence-electron chi connectivity index (χ3n) is 3.78. The monoisotopic (exact) mass is 321 g/mol. The minimum absolute atomic E-state index is 0.178. The summed E-state index contributed by atoms with van der Waals surface area (Å²) < 4.78 is 6.99. The number of rotatable bonds is 5. The Morgan fingerprint density at radius 3 is 2.67 bits per heavy atom. The number of aromatic nitrogens is 2. The first-order valence-electron chi connectivity index (χ1n) is 7.80. The lowest BCUT2D eigenvalue weighted by atomic mass is 10.1. The van der Waals surface area contributed by atoms with E-state index in [0.717, 1.165) is 11.4 Å². The molecule has 0 saturated carbocycles. The second-order valence-corrected chi connectivity index (χ2v) is 5.29. The molecule has 1 N–H and O–H groups in total. The van der Waals surface area contributed by atoms with Gasteiger partial charge in [0.15, 0.2) is 0 Å². The standard InChI is InChI=1S/C19H19N3O2/c1-3-18-17(13-20-22(18)15-9-5-4-6-10-15)19(23)21-14-8-7-11-16(12-14)24-2/h4-13H,3H2,1-2H3,(H,21,23). The van der Waals surface area contributed by atoms with E-state index in [9.17, 15) is 4.79 Å². The predicted octanol–water partition coefficient (Wildman–Crippen LogP) is 3.70. The van der Waals surface area contributed by atoms with Crippen molar-refractivity contribution in [3.8, 4) is 11.4 Å². The Bertz CT molecular complexity index is 841. The van der Waals surface area contributed by atoms with Crippen LogP contribution < -0.4 is 10.1 Å². The van der Waals surface area contributed by atoms with Crippen LogP contribution in [-0.4, -0.2) is 22.8 Å². The van der Waals surface area contributed by atoms with Crippen molar-refractivity contribution < 1.29 is 9.53 Å². The fourth-order valence-corrected chi connectivity index (χ4v) is 2.59. The largest absolute Gasteiger partial charge is 0.497 e. The van der Waals surface area contributed by atoms with E-state index in [1.807, 2.05) is 55.5 Å². The molecule has 0 spiro atoms. The Morgan fingerprint density at radius 1 is 1.17 bits per heavy atom. The Kier molecular flexibility index (Phi) is 4.61. The highest BCUT2D eigenvalue weighted by molar-refractivity contribution is 6.05. The molecule has 1 amide bonds. The van der Waals surface area contributed by atoms with Gasteiger partial charge in [-0.2, -0.15) is 5.10 Å². The van der Waals surface area contributed by atoms with Crippen LogP contribution in [0, 0.1) is 0 Å². The first-order chi connectivity index (χ1) is 11.7. The second-order valence-electron chi connectivity index (χ2n) is 5.29. The number of anilines is 1. The predicted molar refractivity (Wildman–Crippen MR) is 93.9 cm³/mol. The number of nitrogens with one attached hydrogen (secondary N) is 1. The first-order valence-corrected chi connectivity index (χ1v) is 7.80. The Balaban J connectivity index is 1.89. The highest BCUT2D eigenvalue weighted by Crippen LogP contribution is 2.20. The smallest absolute Gasteiger partial charge is 0.259 e. The minimum Gasteiger partial charge on any atom is -0.497 e. The molecule has 0 aliphatic rings. The van der Waals surface area contributed by atoms with Crippen LogP contribution >= 0.6 is 0 Å². The normalized spacial score (nSPS) is 10.4. The molecule has 3 rings (SSSR count). The maximum absolute atomic E-state index is 12.6. The third kappa shape index (κ3) is 3.15. The van der Waals surface area contributed by atoms with Gasteiger partial charge in [-0.05, 0) is 30.7 Å². The van der Waals surface area contributed by atoms with Crippen molar-refractivity contribution in [3.05, 3.63) is 72.1 Å². The van der Waals surface area contributed by atoms with E-state index in [1.54, 1.807) is 24.1 Å². The number of hydrogen-bond donors (Lipinski definition) is 1. The van der Waals surface area contributed by atoms with Crippen LogP contribution in [0.25, 0.3) is 5.69 Å². The summed E-state index contributed by atoms with van der Waals surface area (Å²) in [6.45, 7) is 2.01. The average Bonchev–Trinajstić information content (AvgIpc) is 3.06. The third-order valence-corrected chi connectivity index (χ3v) is 3.78. The van der Waals surface area contributed by atoms with E-state index in [2.05, 4.69) is 10.4 Å². The van der Waals surface area contributed by atoms with Crippen LogP contribution in [0.1, 0.15) is 23.0 Å². The molecule has 24 heavy (non-hydrogen) atoms. The molecular weight excluding hydrogens is 302 g/mol. The van der Waals surface area contributed by atoms with E-state index in [-0.39, 0.29) is 5.91 Å². The number of hydrogen-bond acceptors (Lipinski definition) is 3. The minimum atomic E-state index is -0.178. The van der Waals surface area contributed by atoms with Gasteiger partial charge in [0.05, 0.1) is 30.3 Å². The summed E-state index contributed by atoms with van der Waals surface area (Å²) in [5.41, 5.74) is 3.08. The summed E-state index contributed by atoms with van der Waals surface area (Å²) in [6.07, 6.45) is 2.32. The summed E-state index contributed by atoms with van der Waals surface area (Å²) >= 11 is 0. The van der Waals surface area contributed by atoms with Crippen LogP contribution in [0.15, 0.2) is 60.8 Å². The number of amides is 1. The van der Waals surface area contributed by atoms with Crippen LogP contribution in [0.3, 0.4) is 0 Å². The van der Waals surface area contributed by atoms with Gasteiger partial charge in [0.2, 0.25) is 0 Å². The van der Waals surface area contributed by atoms with E-state index < -0.39 is 0 Å². The van der Waals surface area contributed by atoms with E-state index in [1.165, 1.54) is 0 Å². The lowest BCUT2D eigenvalue weighted by Gasteiger charge is -2.09. The van der Waals surface area contributed by atoms with Gasteiger partial charge in [-0.15, -0.1) is 0 Å². The maximum Gasteiger partial charge on any atom is 0.259 e. The van der Waals surface area contributed by atoms with Gasteiger partial charge in [-0.1, -0.05) is 31.2 Å². The maximum atomic E-state index is 12.6. The molecule has 5 nitrogen and oxygen atoms in total. The van der Waals surface area contributed by atoms with E-state index in [0.29, 0.717) is 23.4 Å². The van der Waals surface area contributed by atoms with Crippen LogP contribution in [0.2, 0.25) is 0 Å². The van der Waals surface area contributed by atoms with Crippen molar-refractivity contribution in [3.63, 3.8) is 0 Å². The van der Waals surface area contributed by atoms with Gasteiger partial charge < -0.3 is 10.1 Å². The van der Waals surface area contributed by atoms with Crippen LogP contribution in [-0.2, 0) is 6.42 Å². The second kappa shape index (κ2) is 7.00. The molecule has 0 unspecified atom stereocenters. The highest BCUT2D eigenvalue weighted by atomic mass is 16.5. The van der Waals surface area contributed by atoms with Crippen LogP contribution in [0.5, 0.6) is 5.75 Å². The average molecular weight is 321 g/mol. The number of para-hydroxylation sites is 1. The van der Waals surface area contributed by atoms with Gasteiger partial charge in [0.1, 0.15) is 5.75 Å². The van der Waals surface area contributed by atoms with Gasteiger partial charge >= 0.3 is 0 Å². The zero-order valence-corrected chi connectivity index (χ0v) is 13.7. The number of nitrogens with zero attached hydrogens (tertiary/aromatic N) is 2. The van der Waals surface area contributed by atoms with Crippen molar-refractivity contribution in [2.24, 2.45) is 0 Å². The zero-order chi connectivity index (χ0) is 16.9. The molecule has 0 saturated heterocycles. The molecule has 3 aromatic rings. The number of ether oxygens (including phenoxy) is 1. The number of methoxy groups -OCH3 is 1. The number of carbonyl (C=O) groups excluding carboxylic acids is 1. The fourth-order valence-electron chi connectivity index (χ4n) is 2.59. The molecule has 5 heteroatoms. The van der Waals surface area contributed by atoms with Crippen molar-refractivity contribution in [2.45, 2.75) is 13.3 Å². The molecule has 0 fully saturated rings. The summed E-state index contributed by atoms with van der Waals surface area (Å²) in [7, 11) is 1.60. The SMILES string of the molecule is CCc1c(C(=O)Nc2cccc(OC)c2)cnn1-c1ccccc1. The zero-order valence-electron chi connectivity index (χ0n) is 13.7. The molecule has 1 heterocycles. The van der Waals surface area contributed by atoms with E-state index >= 15 is 0 Å². The molecule has 1 aromatic heterocycles. The van der Waals surface area contributed by atoms with Gasteiger partial charge in [0.25, 0.3) is 5.91 Å². The quantitative estimate of drug-likeness (QED) is 0.779. The van der Waals surface area contributed by atoms with Crippen molar-refractivity contribution in [1.29, 1.82) is 0 Å². The summed E-state index contributed by atoms with van der Waals surface area (Å²) in [5.74, 6) is 0.519. The summed E-state index contributed by atoms with van der Waals surface area (Å²) in [6, 6.07) is 17.1. The molecule has 0 radical (unpaired) electrons. The van der Waals surface area contributed by atoms with Crippen molar-refractivity contribution in [2.75, 3.05) is 12.4 Å². The Labute approximate surface area is 140 Å². The lowest BCUT2D eigenvalue weighted by Crippen LogP contribution is -2.14. The number of carbonyl (C=O) groups is 1. The van der Waals surface area contributed by atoms with Gasteiger partial charge in [-0.25, -0.2) is 4.68 Å². The van der Waals surface area contributed by atoms with Crippen molar-refractivity contribution >= 4 is 11.6 Å². The molecule has 122 valence electrons. The number of benzene rings is 2. The fraction of sp³-hybridized carbons (Fsp3) is 0.158. The Hall–Kier alpha value is -3.08. The highest BCUT2D eigenvalue weighted by Gasteiger charge is 2.17. The first kappa shape index (κ1) is 15.8. The van der Waals surface area contributed by atoms with Crippen LogP contribution in [0.4, 0.5) is 5.69 Å². The lowest BCUT2D eigenvalue weighted by molar-refractivity contribution is 0.102. The van der Waals surface area contributed by atoms with Crippen molar-refractivity contribution in [1.82, 2.24) is 9.78 Å². The molecule has 2 aromatic carbocycles. The van der Waals surface area contributed by atoms with Gasteiger partial charge in [-0.3, -0.25) is 4.79 Å². The molecular formula is C19H19N3O2. The molecule has 0 bridgehead atoms. The topological polar surface area (TPSA) is 56.1 Å². The molecule has 0 atom stereocenters. The molecule has 0 aliphatic heterocycles. The Morgan fingerprint density at radius 2 is 1.96 bits per heavy atom. The molecule has 0 aliphatic carbocycles. The van der Waals surface area contributed by atoms with E-state index in [4.69, 9.17) is 4.74 Å². The summed E-state index contributed by atoms with van der Waals surface area (Å²) in [5, 5.41) is 7.28. The van der Waals surface area contributed by atoms with Gasteiger partial charge in [0, 0.05) is 11.8 Å². The summed E-state index contributed by atoms with van der Waals surface area (Å²) in [4.78, 5) is 12.6.